The van der Waals surface area contributed by atoms with Crippen LogP contribution in [0, 0.1) is 5.92 Å². The zero-order valence-electron chi connectivity index (χ0n) is 21.1. The van der Waals surface area contributed by atoms with Gasteiger partial charge in [-0.2, -0.15) is 0 Å². The van der Waals surface area contributed by atoms with Crippen LogP contribution in [0.4, 0.5) is 11.4 Å². The van der Waals surface area contributed by atoms with E-state index in [1.54, 1.807) is 30.6 Å². The van der Waals surface area contributed by atoms with Gasteiger partial charge in [-0.3, -0.25) is 19.4 Å². The van der Waals surface area contributed by atoms with Crippen LogP contribution in [0.1, 0.15) is 64.4 Å². The van der Waals surface area contributed by atoms with Crippen LogP contribution in [0.3, 0.4) is 0 Å². The first-order chi connectivity index (χ1) is 17.5. The summed E-state index contributed by atoms with van der Waals surface area (Å²) in [4.78, 5) is 41.6. The van der Waals surface area contributed by atoms with Gasteiger partial charge in [-0.15, -0.1) is 0 Å². The molecule has 0 saturated heterocycles. The first-order valence-electron chi connectivity index (χ1n) is 12.7. The quantitative estimate of drug-likeness (QED) is 0.400. The van der Waals surface area contributed by atoms with Crippen LogP contribution in [-0.4, -0.2) is 35.9 Å². The van der Waals surface area contributed by atoms with E-state index in [-0.39, 0.29) is 36.5 Å². The fourth-order valence-electron chi connectivity index (χ4n) is 4.14. The van der Waals surface area contributed by atoms with Crippen molar-refractivity contribution in [1.29, 1.82) is 0 Å². The molecule has 1 aliphatic carbocycles. The predicted molar refractivity (Wildman–Crippen MR) is 138 cm³/mol. The van der Waals surface area contributed by atoms with Crippen molar-refractivity contribution < 1.29 is 23.9 Å². The van der Waals surface area contributed by atoms with Gasteiger partial charge >= 0.3 is 0 Å². The SMILES string of the molecule is CCOc1cc(NC(=O)C2CCCCC2)c(OCC)cc1NC(=O)CCC(=O)NCc1cccnc1. The summed E-state index contributed by atoms with van der Waals surface area (Å²) in [5.74, 6) is 0.298. The predicted octanol–water partition coefficient (Wildman–Crippen LogP) is 4.43. The Morgan fingerprint density at radius 1 is 0.917 bits per heavy atom. The molecule has 3 rings (SSSR count). The van der Waals surface area contributed by atoms with Gasteiger partial charge in [-0.05, 0) is 38.3 Å². The van der Waals surface area contributed by atoms with Crippen LogP contribution in [0.2, 0.25) is 0 Å². The Bertz CT molecular complexity index is 1020. The molecule has 0 aliphatic heterocycles. The number of aromatic nitrogens is 1. The number of amides is 3. The Labute approximate surface area is 212 Å². The van der Waals surface area contributed by atoms with E-state index in [1.165, 1.54) is 6.42 Å². The second kappa shape index (κ2) is 14.1. The number of carbonyl (C=O) groups excluding carboxylic acids is 3. The number of nitrogens with zero attached hydrogens (tertiary/aromatic N) is 1. The highest BCUT2D eigenvalue weighted by atomic mass is 16.5. The van der Waals surface area contributed by atoms with Crippen molar-refractivity contribution in [3.05, 3.63) is 42.2 Å². The average Bonchev–Trinajstić information content (AvgIpc) is 2.90. The smallest absolute Gasteiger partial charge is 0.227 e. The number of ether oxygens (including phenoxy) is 2. The largest absolute Gasteiger partial charge is 0.492 e. The molecule has 0 bridgehead atoms. The Kier molecular flexibility index (Phi) is 10.5. The van der Waals surface area contributed by atoms with E-state index in [0.29, 0.717) is 42.6 Å². The third-order valence-electron chi connectivity index (χ3n) is 5.98. The molecule has 1 fully saturated rings. The molecule has 1 aromatic heterocycles. The van der Waals surface area contributed by atoms with Crippen LogP contribution in [0.15, 0.2) is 36.7 Å². The molecule has 36 heavy (non-hydrogen) atoms. The van der Waals surface area contributed by atoms with Crippen molar-refractivity contribution in [3.8, 4) is 11.5 Å². The molecule has 194 valence electrons. The molecule has 9 nitrogen and oxygen atoms in total. The summed E-state index contributed by atoms with van der Waals surface area (Å²) in [5.41, 5.74) is 1.83. The number of benzene rings is 1. The van der Waals surface area contributed by atoms with E-state index in [4.69, 9.17) is 9.47 Å². The number of pyridine rings is 1. The second-order valence-electron chi connectivity index (χ2n) is 8.72. The van der Waals surface area contributed by atoms with Crippen molar-refractivity contribution >= 4 is 29.1 Å². The Hall–Kier alpha value is -3.62. The molecule has 0 atom stereocenters. The number of rotatable bonds is 12. The maximum Gasteiger partial charge on any atom is 0.227 e. The molecule has 3 N–H and O–H groups in total. The average molecular weight is 497 g/mol. The topological polar surface area (TPSA) is 119 Å². The minimum Gasteiger partial charge on any atom is -0.492 e. The molecule has 1 saturated carbocycles. The lowest BCUT2D eigenvalue weighted by atomic mass is 9.88. The lowest BCUT2D eigenvalue weighted by molar-refractivity contribution is -0.124. The van der Waals surface area contributed by atoms with Gasteiger partial charge in [0.25, 0.3) is 0 Å². The van der Waals surface area contributed by atoms with Gasteiger partial charge in [0, 0.05) is 49.8 Å². The van der Waals surface area contributed by atoms with Crippen LogP contribution < -0.4 is 25.4 Å². The number of hydrogen-bond donors (Lipinski definition) is 3. The van der Waals surface area contributed by atoms with Gasteiger partial charge in [-0.1, -0.05) is 25.3 Å². The Balaban J connectivity index is 1.63. The molecule has 1 aromatic carbocycles. The summed E-state index contributed by atoms with van der Waals surface area (Å²) in [6.45, 7) is 4.82. The number of anilines is 2. The molecule has 0 spiro atoms. The molecule has 3 amide bonds. The highest BCUT2D eigenvalue weighted by molar-refractivity contribution is 5.98. The lowest BCUT2D eigenvalue weighted by Crippen LogP contribution is -2.25. The number of carbonyl (C=O) groups is 3. The third-order valence-corrected chi connectivity index (χ3v) is 5.98. The van der Waals surface area contributed by atoms with Crippen LogP contribution in [-0.2, 0) is 20.9 Å². The summed E-state index contributed by atoms with van der Waals surface area (Å²) >= 11 is 0. The van der Waals surface area contributed by atoms with Gasteiger partial charge in [0.15, 0.2) is 0 Å². The molecule has 0 unspecified atom stereocenters. The second-order valence-corrected chi connectivity index (χ2v) is 8.72. The minimum absolute atomic E-state index is 0.00699. The Morgan fingerprint density at radius 3 is 2.17 bits per heavy atom. The van der Waals surface area contributed by atoms with Crippen molar-refractivity contribution in [2.45, 2.75) is 65.3 Å². The first kappa shape index (κ1) is 27.0. The van der Waals surface area contributed by atoms with E-state index < -0.39 is 0 Å². The van der Waals surface area contributed by atoms with Gasteiger partial charge in [0.2, 0.25) is 17.7 Å². The molecule has 9 heteroatoms. The monoisotopic (exact) mass is 496 g/mol. The molecule has 1 aliphatic rings. The van der Waals surface area contributed by atoms with Crippen molar-refractivity contribution in [2.75, 3.05) is 23.8 Å². The molecular weight excluding hydrogens is 460 g/mol. The fourth-order valence-corrected chi connectivity index (χ4v) is 4.14. The molecular formula is C27H36N4O5. The van der Waals surface area contributed by atoms with Gasteiger partial charge in [-0.25, -0.2) is 0 Å². The van der Waals surface area contributed by atoms with Crippen molar-refractivity contribution in [3.63, 3.8) is 0 Å². The zero-order valence-corrected chi connectivity index (χ0v) is 21.1. The van der Waals surface area contributed by atoms with Crippen molar-refractivity contribution in [1.82, 2.24) is 10.3 Å². The first-order valence-corrected chi connectivity index (χ1v) is 12.7. The van der Waals surface area contributed by atoms with Gasteiger partial charge in [0.05, 0.1) is 24.6 Å². The van der Waals surface area contributed by atoms with E-state index in [2.05, 4.69) is 20.9 Å². The van der Waals surface area contributed by atoms with Gasteiger partial charge in [0.1, 0.15) is 11.5 Å². The zero-order chi connectivity index (χ0) is 25.8. The molecule has 1 heterocycles. The third kappa shape index (κ3) is 8.25. The standard InChI is InChI=1S/C27H36N4O5/c1-3-35-23-16-22(31-27(34)20-10-6-5-7-11-20)24(36-4-2)15-21(23)30-26(33)13-12-25(32)29-18-19-9-8-14-28-17-19/h8-9,14-17,20H,3-7,10-13,18H2,1-2H3,(H,29,32)(H,30,33)(H,31,34). The van der Waals surface area contributed by atoms with Crippen LogP contribution in [0.25, 0.3) is 0 Å². The molecule has 2 aromatic rings. The van der Waals surface area contributed by atoms with E-state index in [0.717, 1.165) is 31.2 Å². The number of hydrogen-bond acceptors (Lipinski definition) is 6. The summed E-state index contributed by atoms with van der Waals surface area (Å²) in [7, 11) is 0. The van der Waals surface area contributed by atoms with Crippen molar-refractivity contribution in [2.24, 2.45) is 5.92 Å². The highest BCUT2D eigenvalue weighted by Gasteiger charge is 2.23. The summed E-state index contributed by atoms with van der Waals surface area (Å²) < 4.78 is 11.5. The maximum absolute atomic E-state index is 12.8. The highest BCUT2D eigenvalue weighted by Crippen LogP contribution is 2.38. The summed E-state index contributed by atoms with van der Waals surface area (Å²) in [6, 6.07) is 7.01. The fraction of sp³-hybridized carbons (Fsp3) is 0.481. The van der Waals surface area contributed by atoms with Gasteiger partial charge < -0.3 is 25.4 Å². The maximum atomic E-state index is 12.8. The summed E-state index contributed by atoms with van der Waals surface area (Å²) in [5, 5.41) is 8.60. The van der Waals surface area contributed by atoms with E-state index in [1.807, 2.05) is 19.9 Å². The lowest BCUT2D eigenvalue weighted by Gasteiger charge is -2.22. The normalized spacial score (nSPS) is 13.5. The number of nitrogens with one attached hydrogen (secondary N) is 3. The summed E-state index contributed by atoms with van der Waals surface area (Å²) in [6.07, 6.45) is 8.47. The van der Waals surface area contributed by atoms with Crippen LogP contribution >= 0.6 is 0 Å². The van der Waals surface area contributed by atoms with E-state index >= 15 is 0 Å². The minimum atomic E-state index is -0.325. The Morgan fingerprint density at radius 2 is 1.56 bits per heavy atom. The van der Waals surface area contributed by atoms with Crippen LogP contribution in [0.5, 0.6) is 11.5 Å². The molecule has 0 radical (unpaired) electrons. The van der Waals surface area contributed by atoms with E-state index in [9.17, 15) is 14.4 Å².